The Bertz CT molecular complexity index is 595. The second kappa shape index (κ2) is 6.07. The van der Waals surface area contributed by atoms with Gasteiger partial charge in [-0.1, -0.05) is 0 Å². The molecule has 1 amide bonds. The standard InChI is InChI=1S/C15H17N3O3/c1-20-14-10-21-9-13(14)17-15(19)11-3-5-12(6-4-11)18-8-2-7-16-18/h2-8,13-14H,9-10H2,1H3,(H,17,19)/t13-,14-/m0/s1. The third kappa shape index (κ3) is 2.96. The van der Waals surface area contributed by atoms with Crippen LogP contribution in [0.4, 0.5) is 0 Å². The fraction of sp³-hybridized carbons (Fsp3) is 0.333. The molecule has 110 valence electrons. The molecule has 3 rings (SSSR count). The van der Waals surface area contributed by atoms with Crippen molar-refractivity contribution in [2.24, 2.45) is 0 Å². The first-order chi connectivity index (χ1) is 10.3. The molecule has 1 saturated heterocycles. The van der Waals surface area contributed by atoms with Gasteiger partial charge in [-0.15, -0.1) is 0 Å². The summed E-state index contributed by atoms with van der Waals surface area (Å²) in [6.45, 7) is 0.995. The van der Waals surface area contributed by atoms with Gasteiger partial charge < -0.3 is 14.8 Å². The molecule has 1 N–H and O–H groups in total. The Morgan fingerprint density at radius 3 is 2.86 bits per heavy atom. The molecule has 6 nitrogen and oxygen atoms in total. The summed E-state index contributed by atoms with van der Waals surface area (Å²) in [6.07, 6.45) is 3.48. The molecular formula is C15H17N3O3. The highest BCUT2D eigenvalue weighted by molar-refractivity contribution is 5.94. The number of rotatable bonds is 4. The van der Waals surface area contributed by atoms with Crippen molar-refractivity contribution >= 4 is 5.91 Å². The van der Waals surface area contributed by atoms with Gasteiger partial charge in [0.25, 0.3) is 5.91 Å². The van der Waals surface area contributed by atoms with Gasteiger partial charge >= 0.3 is 0 Å². The van der Waals surface area contributed by atoms with Crippen LogP contribution in [0.5, 0.6) is 0 Å². The molecule has 2 aromatic rings. The van der Waals surface area contributed by atoms with Gasteiger partial charge in [0.15, 0.2) is 0 Å². The number of nitrogens with one attached hydrogen (secondary N) is 1. The van der Waals surface area contributed by atoms with E-state index in [4.69, 9.17) is 9.47 Å². The smallest absolute Gasteiger partial charge is 0.251 e. The zero-order valence-corrected chi connectivity index (χ0v) is 11.7. The third-order valence-electron chi connectivity index (χ3n) is 3.55. The molecule has 1 aromatic heterocycles. The van der Waals surface area contributed by atoms with Gasteiger partial charge in [0.05, 0.1) is 24.9 Å². The number of hydrogen-bond acceptors (Lipinski definition) is 4. The minimum atomic E-state index is -0.125. The normalized spacial score (nSPS) is 21.4. The summed E-state index contributed by atoms with van der Waals surface area (Å²) in [7, 11) is 1.62. The van der Waals surface area contributed by atoms with E-state index >= 15 is 0 Å². The maximum Gasteiger partial charge on any atom is 0.251 e. The maximum absolute atomic E-state index is 12.2. The lowest BCUT2D eigenvalue weighted by Gasteiger charge is -2.17. The van der Waals surface area contributed by atoms with Gasteiger partial charge in [-0.25, -0.2) is 4.68 Å². The summed E-state index contributed by atoms with van der Waals surface area (Å²) < 4.78 is 12.3. The van der Waals surface area contributed by atoms with Crippen molar-refractivity contribution in [2.45, 2.75) is 12.1 Å². The molecule has 21 heavy (non-hydrogen) atoms. The summed E-state index contributed by atoms with van der Waals surface area (Å²) in [6, 6.07) is 9.04. The third-order valence-corrected chi connectivity index (χ3v) is 3.55. The van der Waals surface area contributed by atoms with Crippen LogP contribution in [0.1, 0.15) is 10.4 Å². The average molecular weight is 287 g/mol. The van der Waals surface area contributed by atoms with Crippen LogP contribution >= 0.6 is 0 Å². The van der Waals surface area contributed by atoms with Crippen LogP contribution in [-0.2, 0) is 9.47 Å². The number of hydrogen-bond donors (Lipinski definition) is 1. The zero-order valence-electron chi connectivity index (χ0n) is 11.7. The van der Waals surface area contributed by atoms with Crippen molar-refractivity contribution in [3.63, 3.8) is 0 Å². The topological polar surface area (TPSA) is 65.4 Å². The lowest BCUT2D eigenvalue weighted by Crippen LogP contribution is -2.43. The van der Waals surface area contributed by atoms with Crippen molar-refractivity contribution in [3.05, 3.63) is 48.3 Å². The number of amides is 1. The summed E-state index contributed by atoms with van der Waals surface area (Å²) >= 11 is 0. The minimum absolute atomic E-state index is 0.0858. The SMILES string of the molecule is CO[C@H]1COC[C@@H]1NC(=O)c1ccc(-n2cccn2)cc1. The Morgan fingerprint density at radius 1 is 1.38 bits per heavy atom. The van der Waals surface area contributed by atoms with Gasteiger partial charge in [-0.2, -0.15) is 5.10 Å². The van der Waals surface area contributed by atoms with Crippen molar-refractivity contribution in [1.29, 1.82) is 0 Å². The van der Waals surface area contributed by atoms with Gasteiger partial charge in [0.1, 0.15) is 6.10 Å². The first-order valence-corrected chi connectivity index (χ1v) is 6.79. The monoisotopic (exact) mass is 287 g/mol. The van der Waals surface area contributed by atoms with Crippen LogP contribution in [0.25, 0.3) is 5.69 Å². The molecule has 2 heterocycles. The molecular weight excluding hydrogens is 270 g/mol. The Balaban J connectivity index is 1.68. The van der Waals surface area contributed by atoms with Gasteiger partial charge in [-0.05, 0) is 30.3 Å². The fourth-order valence-electron chi connectivity index (χ4n) is 2.34. The van der Waals surface area contributed by atoms with Crippen LogP contribution in [0, 0.1) is 0 Å². The number of nitrogens with zero attached hydrogens (tertiary/aromatic N) is 2. The highest BCUT2D eigenvalue weighted by Gasteiger charge is 2.29. The van der Waals surface area contributed by atoms with E-state index in [9.17, 15) is 4.79 Å². The number of carbonyl (C=O) groups excluding carboxylic acids is 1. The van der Waals surface area contributed by atoms with E-state index in [-0.39, 0.29) is 18.1 Å². The number of benzene rings is 1. The first kappa shape index (κ1) is 13.8. The lowest BCUT2D eigenvalue weighted by atomic mass is 10.1. The quantitative estimate of drug-likeness (QED) is 0.911. The molecule has 1 aliphatic rings. The summed E-state index contributed by atoms with van der Waals surface area (Å²) in [4.78, 5) is 12.2. The second-order valence-corrected chi connectivity index (χ2v) is 4.89. The first-order valence-electron chi connectivity index (χ1n) is 6.79. The highest BCUT2D eigenvalue weighted by Crippen LogP contribution is 2.12. The molecule has 0 radical (unpaired) electrons. The van der Waals surface area contributed by atoms with Crippen LogP contribution in [-0.4, -0.2) is 48.2 Å². The van der Waals surface area contributed by atoms with Gasteiger partial charge in [-0.3, -0.25) is 4.79 Å². The number of carbonyl (C=O) groups is 1. The molecule has 6 heteroatoms. The van der Waals surface area contributed by atoms with E-state index in [1.54, 1.807) is 30.1 Å². The van der Waals surface area contributed by atoms with E-state index in [0.29, 0.717) is 18.8 Å². The van der Waals surface area contributed by atoms with Gasteiger partial charge in [0.2, 0.25) is 0 Å². The van der Waals surface area contributed by atoms with E-state index < -0.39 is 0 Å². The van der Waals surface area contributed by atoms with E-state index in [1.165, 1.54) is 0 Å². The predicted molar refractivity (Wildman–Crippen MR) is 76.4 cm³/mol. The Hall–Kier alpha value is -2.18. The van der Waals surface area contributed by atoms with E-state index in [2.05, 4.69) is 10.4 Å². The molecule has 0 aliphatic carbocycles. The molecule has 0 saturated carbocycles. The number of ether oxygens (including phenoxy) is 2. The molecule has 1 fully saturated rings. The second-order valence-electron chi connectivity index (χ2n) is 4.89. The fourth-order valence-corrected chi connectivity index (χ4v) is 2.34. The summed E-state index contributed by atoms with van der Waals surface area (Å²) in [5.41, 5.74) is 1.52. The Morgan fingerprint density at radius 2 is 2.19 bits per heavy atom. The van der Waals surface area contributed by atoms with Gasteiger partial charge in [0, 0.05) is 25.1 Å². The number of aromatic nitrogens is 2. The van der Waals surface area contributed by atoms with Crippen molar-refractivity contribution < 1.29 is 14.3 Å². The van der Waals surface area contributed by atoms with Crippen LogP contribution < -0.4 is 5.32 Å². The Labute approximate surface area is 122 Å². The highest BCUT2D eigenvalue weighted by atomic mass is 16.5. The van der Waals surface area contributed by atoms with Crippen molar-refractivity contribution in [3.8, 4) is 5.69 Å². The molecule has 1 aromatic carbocycles. The van der Waals surface area contributed by atoms with Crippen molar-refractivity contribution in [2.75, 3.05) is 20.3 Å². The average Bonchev–Trinajstić information content (AvgIpc) is 3.18. The predicted octanol–water partition coefficient (Wildman–Crippen LogP) is 1.02. The summed E-state index contributed by atoms with van der Waals surface area (Å²) in [5.74, 6) is -0.125. The molecule has 2 atom stereocenters. The molecule has 0 spiro atoms. The van der Waals surface area contributed by atoms with Crippen LogP contribution in [0.3, 0.4) is 0 Å². The largest absolute Gasteiger partial charge is 0.377 e. The number of methoxy groups -OCH3 is 1. The van der Waals surface area contributed by atoms with Crippen LogP contribution in [0.2, 0.25) is 0 Å². The zero-order chi connectivity index (χ0) is 14.7. The molecule has 0 bridgehead atoms. The van der Waals surface area contributed by atoms with E-state index in [1.807, 2.05) is 24.4 Å². The maximum atomic E-state index is 12.2. The molecule has 0 unspecified atom stereocenters. The van der Waals surface area contributed by atoms with Crippen LogP contribution in [0.15, 0.2) is 42.7 Å². The minimum Gasteiger partial charge on any atom is -0.377 e. The summed E-state index contributed by atoms with van der Waals surface area (Å²) in [5, 5.41) is 7.09. The lowest BCUT2D eigenvalue weighted by molar-refractivity contribution is 0.0685. The Kier molecular flexibility index (Phi) is 3.98. The van der Waals surface area contributed by atoms with E-state index in [0.717, 1.165) is 5.69 Å². The van der Waals surface area contributed by atoms with Crippen molar-refractivity contribution in [1.82, 2.24) is 15.1 Å². The molecule has 1 aliphatic heterocycles.